The summed E-state index contributed by atoms with van der Waals surface area (Å²) in [7, 11) is 1.51. The molecule has 106 valence electrons. The van der Waals surface area contributed by atoms with Crippen LogP contribution in [0.1, 0.15) is 33.1 Å². The van der Waals surface area contributed by atoms with E-state index in [9.17, 15) is 14.7 Å². The number of carbonyl (C=O) groups is 2. The Labute approximate surface area is 113 Å². The molecule has 0 saturated carbocycles. The summed E-state index contributed by atoms with van der Waals surface area (Å²) in [6, 6.07) is 1.97. The third-order valence-corrected chi connectivity index (χ3v) is 3.43. The number of rotatable bonds is 3. The monoisotopic (exact) mass is 267 g/mol. The normalized spacial score (nSPS) is 23.6. The summed E-state index contributed by atoms with van der Waals surface area (Å²) in [5.74, 6) is -0.554. The predicted molar refractivity (Wildman–Crippen MR) is 68.8 cm³/mol. The van der Waals surface area contributed by atoms with Gasteiger partial charge in [-0.3, -0.25) is 9.59 Å². The highest BCUT2D eigenvalue weighted by Crippen LogP contribution is 2.28. The van der Waals surface area contributed by atoms with Gasteiger partial charge < -0.3 is 15.3 Å². The smallest absolute Gasteiger partial charge is 0.242 e. The van der Waals surface area contributed by atoms with E-state index >= 15 is 0 Å². The number of hydrogen-bond donors (Lipinski definition) is 2. The van der Waals surface area contributed by atoms with Gasteiger partial charge in [0.05, 0.1) is 18.1 Å². The van der Waals surface area contributed by atoms with Crippen LogP contribution in [-0.4, -0.2) is 47.6 Å². The van der Waals surface area contributed by atoms with Gasteiger partial charge >= 0.3 is 0 Å². The van der Waals surface area contributed by atoms with Crippen molar-refractivity contribution in [1.29, 1.82) is 5.26 Å². The highest BCUT2D eigenvalue weighted by molar-refractivity contribution is 5.85. The van der Waals surface area contributed by atoms with Crippen molar-refractivity contribution in [3.63, 3.8) is 0 Å². The first-order valence-corrected chi connectivity index (χ1v) is 6.38. The molecule has 1 unspecified atom stereocenters. The van der Waals surface area contributed by atoms with E-state index in [1.54, 1.807) is 13.8 Å². The summed E-state index contributed by atoms with van der Waals surface area (Å²) in [5.41, 5.74) is -2.30. The Morgan fingerprint density at radius 3 is 2.68 bits per heavy atom. The molecule has 0 aliphatic carbocycles. The summed E-state index contributed by atoms with van der Waals surface area (Å²) >= 11 is 0. The Bertz CT molecular complexity index is 414. The van der Waals surface area contributed by atoms with Gasteiger partial charge in [0.2, 0.25) is 11.8 Å². The molecule has 0 aromatic heterocycles. The molecule has 0 radical (unpaired) electrons. The van der Waals surface area contributed by atoms with Crippen LogP contribution in [0.2, 0.25) is 0 Å². The molecule has 2 amide bonds. The Morgan fingerprint density at radius 1 is 1.53 bits per heavy atom. The van der Waals surface area contributed by atoms with E-state index < -0.39 is 11.0 Å². The topological polar surface area (TPSA) is 93.4 Å². The quantitative estimate of drug-likeness (QED) is 0.754. The maximum absolute atomic E-state index is 12.2. The van der Waals surface area contributed by atoms with Gasteiger partial charge in [-0.1, -0.05) is 0 Å². The zero-order chi connectivity index (χ0) is 14.7. The Hall–Kier alpha value is -1.61. The van der Waals surface area contributed by atoms with E-state index in [2.05, 4.69) is 5.32 Å². The standard InChI is InChI=1S/C13H21N3O3/c1-12(2,8-14)11(18)16-6-4-5-13(19,9-16)7-10(17)15-3/h19H,4-7,9H2,1-3H3,(H,15,17). The molecule has 1 fully saturated rings. The highest BCUT2D eigenvalue weighted by atomic mass is 16.3. The van der Waals surface area contributed by atoms with Crippen LogP contribution in [0.3, 0.4) is 0 Å². The Morgan fingerprint density at radius 2 is 2.16 bits per heavy atom. The molecule has 1 heterocycles. The van der Waals surface area contributed by atoms with Gasteiger partial charge in [0.15, 0.2) is 0 Å². The highest BCUT2D eigenvalue weighted by Gasteiger charge is 2.40. The molecule has 1 saturated heterocycles. The van der Waals surface area contributed by atoms with Crippen molar-refractivity contribution in [2.24, 2.45) is 5.41 Å². The number of likely N-dealkylation sites (tertiary alicyclic amines) is 1. The zero-order valence-electron chi connectivity index (χ0n) is 11.7. The SMILES string of the molecule is CNC(=O)CC1(O)CCCN(C(=O)C(C)(C)C#N)C1. The summed E-state index contributed by atoms with van der Waals surface area (Å²) in [6.45, 7) is 3.73. The van der Waals surface area contributed by atoms with E-state index in [-0.39, 0.29) is 24.8 Å². The molecule has 1 aliphatic heterocycles. The van der Waals surface area contributed by atoms with Crippen LogP contribution in [0.15, 0.2) is 0 Å². The van der Waals surface area contributed by atoms with Gasteiger partial charge in [0.1, 0.15) is 5.41 Å². The number of carbonyl (C=O) groups excluding carboxylic acids is 2. The summed E-state index contributed by atoms with van der Waals surface area (Å²) < 4.78 is 0. The first kappa shape index (κ1) is 15.4. The van der Waals surface area contributed by atoms with Crippen LogP contribution >= 0.6 is 0 Å². The van der Waals surface area contributed by atoms with Crippen molar-refractivity contribution >= 4 is 11.8 Å². The van der Waals surface area contributed by atoms with Crippen LogP contribution in [0.4, 0.5) is 0 Å². The minimum absolute atomic E-state index is 0.0275. The summed E-state index contributed by atoms with van der Waals surface area (Å²) in [5, 5.41) is 21.8. The molecule has 1 rings (SSSR count). The average molecular weight is 267 g/mol. The fourth-order valence-electron chi connectivity index (χ4n) is 2.26. The molecule has 1 atom stereocenters. The van der Waals surface area contributed by atoms with Crippen molar-refractivity contribution in [3.05, 3.63) is 0 Å². The zero-order valence-corrected chi connectivity index (χ0v) is 11.7. The number of nitrogens with zero attached hydrogens (tertiary/aromatic N) is 2. The molecule has 0 spiro atoms. The maximum atomic E-state index is 12.2. The lowest BCUT2D eigenvalue weighted by Gasteiger charge is -2.40. The lowest BCUT2D eigenvalue weighted by Crippen LogP contribution is -2.54. The Kier molecular flexibility index (Phi) is 4.53. The second kappa shape index (κ2) is 5.57. The predicted octanol–water partition coefficient (Wildman–Crippen LogP) is 0.0258. The number of amides is 2. The summed E-state index contributed by atoms with van der Waals surface area (Å²) in [6.07, 6.45) is 1.08. The molecule has 0 aromatic carbocycles. The number of β-amino-alcohol motifs (C(OH)–C–C–N with tert-alkyl or cyclic N) is 1. The molecule has 19 heavy (non-hydrogen) atoms. The first-order valence-electron chi connectivity index (χ1n) is 6.38. The minimum atomic E-state index is -1.19. The average Bonchev–Trinajstić information content (AvgIpc) is 2.37. The van der Waals surface area contributed by atoms with E-state index in [0.29, 0.717) is 19.4 Å². The van der Waals surface area contributed by atoms with E-state index in [1.165, 1.54) is 11.9 Å². The van der Waals surface area contributed by atoms with Gasteiger partial charge in [0, 0.05) is 20.1 Å². The maximum Gasteiger partial charge on any atom is 0.242 e. The molecular formula is C13H21N3O3. The fourth-order valence-corrected chi connectivity index (χ4v) is 2.26. The van der Waals surface area contributed by atoms with Crippen LogP contribution in [-0.2, 0) is 9.59 Å². The van der Waals surface area contributed by atoms with Crippen molar-refractivity contribution in [2.45, 2.75) is 38.7 Å². The van der Waals surface area contributed by atoms with Crippen molar-refractivity contribution < 1.29 is 14.7 Å². The van der Waals surface area contributed by atoms with Crippen molar-refractivity contribution in [3.8, 4) is 6.07 Å². The van der Waals surface area contributed by atoms with Gasteiger partial charge in [-0.15, -0.1) is 0 Å². The van der Waals surface area contributed by atoms with E-state index in [1.807, 2.05) is 6.07 Å². The molecule has 2 N–H and O–H groups in total. The van der Waals surface area contributed by atoms with Gasteiger partial charge in [0.25, 0.3) is 0 Å². The molecule has 0 bridgehead atoms. The van der Waals surface area contributed by atoms with Crippen molar-refractivity contribution in [2.75, 3.05) is 20.1 Å². The molecule has 6 heteroatoms. The van der Waals surface area contributed by atoms with E-state index in [4.69, 9.17) is 5.26 Å². The first-order chi connectivity index (χ1) is 8.74. The number of piperidine rings is 1. The van der Waals surface area contributed by atoms with Gasteiger partial charge in [-0.25, -0.2) is 0 Å². The molecular weight excluding hydrogens is 246 g/mol. The molecule has 1 aliphatic rings. The number of hydrogen-bond acceptors (Lipinski definition) is 4. The Balaban J connectivity index is 2.77. The van der Waals surface area contributed by atoms with Crippen LogP contribution < -0.4 is 5.32 Å². The largest absolute Gasteiger partial charge is 0.388 e. The number of aliphatic hydroxyl groups is 1. The second-order valence-electron chi connectivity index (χ2n) is 5.64. The third-order valence-electron chi connectivity index (χ3n) is 3.43. The van der Waals surface area contributed by atoms with Gasteiger partial charge in [-0.05, 0) is 26.7 Å². The number of nitrogens with one attached hydrogen (secondary N) is 1. The summed E-state index contributed by atoms with van der Waals surface area (Å²) in [4.78, 5) is 25.1. The van der Waals surface area contributed by atoms with Crippen LogP contribution in [0.25, 0.3) is 0 Å². The lowest BCUT2D eigenvalue weighted by atomic mass is 9.86. The van der Waals surface area contributed by atoms with Crippen LogP contribution in [0.5, 0.6) is 0 Å². The second-order valence-corrected chi connectivity index (χ2v) is 5.64. The minimum Gasteiger partial charge on any atom is -0.388 e. The lowest BCUT2D eigenvalue weighted by molar-refractivity contribution is -0.147. The van der Waals surface area contributed by atoms with E-state index in [0.717, 1.165) is 0 Å². The van der Waals surface area contributed by atoms with Crippen LogP contribution in [0, 0.1) is 16.7 Å². The fraction of sp³-hybridized carbons (Fsp3) is 0.769. The van der Waals surface area contributed by atoms with Crippen molar-refractivity contribution in [1.82, 2.24) is 10.2 Å². The van der Waals surface area contributed by atoms with Gasteiger partial charge in [-0.2, -0.15) is 5.26 Å². The molecule has 0 aromatic rings. The third kappa shape index (κ3) is 3.67. The molecule has 6 nitrogen and oxygen atoms in total. The number of nitriles is 1.